The van der Waals surface area contributed by atoms with Gasteiger partial charge in [0.05, 0.1) is 11.8 Å². The molecule has 2 rings (SSSR count). The summed E-state index contributed by atoms with van der Waals surface area (Å²) < 4.78 is 0. The smallest absolute Gasteiger partial charge is 0.307 e. The molecule has 1 heterocycles. The fourth-order valence-electron chi connectivity index (χ4n) is 2.46. The average Bonchev–Trinajstić information content (AvgIpc) is 2.65. The molecule has 4 nitrogen and oxygen atoms in total. The van der Waals surface area contributed by atoms with E-state index in [-0.39, 0.29) is 5.91 Å². The van der Waals surface area contributed by atoms with E-state index in [1.807, 2.05) is 31.4 Å². The average molecular weight is 267 g/mol. The number of nitrogens with one attached hydrogen (secondary N) is 1. The summed E-state index contributed by atoms with van der Waals surface area (Å²) in [5, 5.41) is 13.8. The quantitative estimate of drug-likeness (QED) is 0.854. The Kier molecular flexibility index (Phi) is 3.43. The zero-order valence-corrected chi connectivity index (χ0v) is 11.3. The van der Waals surface area contributed by atoms with E-state index < -0.39 is 23.2 Å². The van der Waals surface area contributed by atoms with Crippen LogP contribution in [0.2, 0.25) is 0 Å². The van der Waals surface area contributed by atoms with Gasteiger partial charge in [-0.15, -0.1) is 11.3 Å². The Hall–Kier alpha value is -1.36. The molecule has 0 bridgehead atoms. The van der Waals surface area contributed by atoms with Gasteiger partial charge in [0, 0.05) is 11.4 Å². The van der Waals surface area contributed by atoms with Crippen molar-refractivity contribution in [3.63, 3.8) is 0 Å². The summed E-state index contributed by atoms with van der Waals surface area (Å²) in [7, 11) is 0. The number of hydrogen-bond acceptors (Lipinski definition) is 3. The number of amides is 1. The molecule has 1 fully saturated rings. The molecule has 0 saturated heterocycles. The van der Waals surface area contributed by atoms with Crippen LogP contribution in [0.4, 0.5) is 0 Å². The van der Waals surface area contributed by atoms with Crippen LogP contribution in [0.1, 0.15) is 18.7 Å². The first kappa shape index (κ1) is 13.1. The van der Waals surface area contributed by atoms with Crippen molar-refractivity contribution >= 4 is 23.2 Å². The van der Waals surface area contributed by atoms with Gasteiger partial charge in [-0.2, -0.15) is 0 Å². The highest BCUT2D eigenvalue weighted by Crippen LogP contribution is 2.58. The number of carbonyl (C=O) groups is 2. The summed E-state index contributed by atoms with van der Waals surface area (Å²) in [6, 6.07) is 4.00. The third-order valence-electron chi connectivity index (χ3n) is 3.63. The molecule has 1 saturated carbocycles. The standard InChI is InChI=1S/C13H17NO3S/c1-13(2)9(10(13)12(16)17)11(15)14-6-5-8-4-3-7-18-8/h3-4,7,9-10H,5-6H2,1-2H3,(H,14,15)(H,16,17)/t9-,10+/m1/s1. The lowest BCUT2D eigenvalue weighted by atomic mass is 10.1. The van der Waals surface area contributed by atoms with Crippen molar-refractivity contribution in [2.45, 2.75) is 20.3 Å². The molecular weight excluding hydrogens is 250 g/mol. The molecule has 2 atom stereocenters. The first-order valence-corrected chi connectivity index (χ1v) is 6.85. The normalized spacial score (nSPS) is 24.6. The van der Waals surface area contributed by atoms with Gasteiger partial charge in [-0.3, -0.25) is 9.59 Å². The van der Waals surface area contributed by atoms with Crippen LogP contribution < -0.4 is 5.32 Å². The molecule has 0 unspecified atom stereocenters. The van der Waals surface area contributed by atoms with Gasteiger partial charge < -0.3 is 10.4 Å². The fraction of sp³-hybridized carbons (Fsp3) is 0.538. The van der Waals surface area contributed by atoms with Crippen LogP contribution >= 0.6 is 11.3 Å². The molecule has 1 amide bonds. The second-order valence-electron chi connectivity index (χ2n) is 5.24. The largest absolute Gasteiger partial charge is 0.481 e. The first-order valence-electron chi connectivity index (χ1n) is 5.97. The highest BCUT2D eigenvalue weighted by Gasteiger charge is 2.65. The van der Waals surface area contributed by atoms with Crippen molar-refractivity contribution < 1.29 is 14.7 Å². The monoisotopic (exact) mass is 267 g/mol. The summed E-state index contributed by atoms with van der Waals surface area (Å²) >= 11 is 1.66. The lowest BCUT2D eigenvalue weighted by Gasteiger charge is -2.04. The van der Waals surface area contributed by atoms with Crippen LogP contribution in [0.25, 0.3) is 0 Å². The molecular formula is C13H17NO3S. The van der Waals surface area contributed by atoms with Gasteiger partial charge in [0.15, 0.2) is 0 Å². The molecule has 0 radical (unpaired) electrons. The van der Waals surface area contributed by atoms with Crippen molar-refractivity contribution in [3.8, 4) is 0 Å². The highest BCUT2D eigenvalue weighted by atomic mass is 32.1. The third kappa shape index (κ3) is 2.41. The van der Waals surface area contributed by atoms with E-state index in [1.165, 1.54) is 4.88 Å². The van der Waals surface area contributed by atoms with Gasteiger partial charge in [-0.25, -0.2) is 0 Å². The van der Waals surface area contributed by atoms with Crippen LogP contribution in [0.15, 0.2) is 17.5 Å². The summed E-state index contributed by atoms with van der Waals surface area (Å²) in [5.74, 6) is -1.94. The Bertz CT molecular complexity index is 453. The number of carbonyl (C=O) groups excluding carboxylic acids is 1. The molecule has 1 aromatic rings. The number of carboxylic acids is 1. The van der Waals surface area contributed by atoms with Gasteiger partial charge in [-0.05, 0) is 23.3 Å². The Labute approximate surface area is 110 Å². The summed E-state index contributed by atoms with van der Waals surface area (Å²) in [5.41, 5.74) is -0.418. The van der Waals surface area contributed by atoms with E-state index in [2.05, 4.69) is 5.32 Å². The maximum absolute atomic E-state index is 11.9. The molecule has 5 heteroatoms. The molecule has 1 aliphatic carbocycles. The number of rotatable bonds is 5. The minimum absolute atomic E-state index is 0.135. The van der Waals surface area contributed by atoms with Crippen molar-refractivity contribution in [1.82, 2.24) is 5.32 Å². The lowest BCUT2D eigenvalue weighted by molar-refractivity contribution is -0.140. The third-order valence-corrected chi connectivity index (χ3v) is 4.56. The number of carboxylic acid groups (broad SMARTS) is 1. The number of thiophene rings is 1. The summed E-state index contributed by atoms with van der Waals surface area (Å²) in [6.07, 6.45) is 0.800. The Balaban J connectivity index is 1.81. The van der Waals surface area contributed by atoms with Gasteiger partial charge in [0.1, 0.15) is 0 Å². The fourth-order valence-corrected chi connectivity index (χ4v) is 3.17. The Morgan fingerprint density at radius 2 is 2.17 bits per heavy atom. The van der Waals surface area contributed by atoms with Crippen LogP contribution in [0.3, 0.4) is 0 Å². The van der Waals surface area contributed by atoms with E-state index >= 15 is 0 Å². The summed E-state index contributed by atoms with van der Waals surface area (Å²) in [6.45, 7) is 4.23. The van der Waals surface area contributed by atoms with E-state index in [0.717, 1.165) is 6.42 Å². The highest BCUT2D eigenvalue weighted by molar-refractivity contribution is 7.09. The van der Waals surface area contributed by atoms with Crippen LogP contribution in [-0.4, -0.2) is 23.5 Å². The van der Waals surface area contributed by atoms with Crippen LogP contribution in [0, 0.1) is 17.3 Å². The predicted octanol–water partition coefficient (Wildman–Crippen LogP) is 1.76. The van der Waals surface area contributed by atoms with Gasteiger partial charge >= 0.3 is 5.97 Å². The molecule has 0 aliphatic heterocycles. The number of hydrogen-bond donors (Lipinski definition) is 2. The van der Waals surface area contributed by atoms with E-state index in [0.29, 0.717) is 6.54 Å². The molecule has 2 N–H and O–H groups in total. The van der Waals surface area contributed by atoms with E-state index in [9.17, 15) is 9.59 Å². The molecule has 1 aliphatic rings. The molecule has 18 heavy (non-hydrogen) atoms. The second kappa shape index (κ2) is 4.72. The predicted molar refractivity (Wildman–Crippen MR) is 69.4 cm³/mol. The first-order chi connectivity index (χ1) is 8.44. The maximum Gasteiger partial charge on any atom is 0.307 e. The number of aliphatic carboxylic acids is 1. The van der Waals surface area contributed by atoms with Gasteiger partial charge in [-0.1, -0.05) is 19.9 Å². The topological polar surface area (TPSA) is 66.4 Å². The van der Waals surface area contributed by atoms with Gasteiger partial charge in [0.25, 0.3) is 0 Å². The minimum Gasteiger partial charge on any atom is -0.481 e. The van der Waals surface area contributed by atoms with Gasteiger partial charge in [0.2, 0.25) is 5.91 Å². The molecule has 1 aromatic heterocycles. The van der Waals surface area contributed by atoms with Crippen LogP contribution in [0.5, 0.6) is 0 Å². The molecule has 0 spiro atoms. The maximum atomic E-state index is 11.9. The molecule has 98 valence electrons. The van der Waals surface area contributed by atoms with E-state index in [1.54, 1.807) is 11.3 Å². The minimum atomic E-state index is -0.876. The van der Waals surface area contributed by atoms with Crippen molar-refractivity contribution in [2.75, 3.05) is 6.54 Å². The van der Waals surface area contributed by atoms with Crippen molar-refractivity contribution in [2.24, 2.45) is 17.3 Å². The Morgan fingerprint density at radius 3 is 2.67 bits per heavy atom. The second-order valence-corrected chi connectivity index (χ2v) is 6.27. The van der Waals surface area contributed by atoms with E-state index in [4.69, 9.17) is 5.11 Å². The Morgan fingerprint density at radius 1 is 1.44 bits per heavy atom. The summed E-state index contributed by atoms with van der Waals surface area (Å²) in [4.78, 5) is 24.1. The van der Waals surface area contributed by atoms with Crippen molar-refractivity contribution in [3.05, 3.63) is 22.4 Å². The zero-order valence-electron chi connectivity index (χ0n) is 10.5. The molecule has 0 aromatic carbocycles. The lowest BCUT2D eigenvalue weighted by Crippen LogP contribution is -2.29. The van der Waals surface area contributed by atoms with Crippen molar-refractivity contribution in [1.29, 1.82) is 0 Å². The SMILES string of the molecule is CC1(C)[C@H](C(=O)O)[C@@H]1C(=O)NCCc1cccs1. The van der Waals surface area contributed by atoms with Crippen LogP contribution in [-0.2, 0) is 16.0 Å². The zero-order chi connectivity index (χ0) is 13.3.